The van der Waals surface area contributed by atoms with E-state index in [1.165, 1.54) is 6.42 Å². The van der Waals surface area contributed by atoms with Gasteiger partial charge in [0.15, 0.2) is 0 Å². The molecule has 4 heteroatoms. The second-order valence-electron chi connectivity index (χ2n) is 5.70. The number of aliphatic hydroxyl groups excluding tert-OH is 1. The molecular formula is C16H24N2O2. The fourth-order valence-electron chi connectivity index (χ4n) is 2.88. The fraction of sp³-hybridized carbons (Fsp3) is 0.625. The molecule has 2 rings (SSSR count). The molecule has 1 heterocycles. The maximum Gasteiger partial charge on any atom is 0.227 e. The quantitative estimate of drug-likeness (QED) is 0.829. The van der Waals surface area contributed by atoms with Crippen molar-refractivity contribution < 1.29 is 9.90 Å². The van der Waals surface area contributed by atoms with Crippen molar-refractivity contribution in [3.8, 4) is 0 Å². The highest BCUT2D eigenvalue weighted by molar-refractivity contribution is 5.83. The molecule has 0 aromatic carbocycles. The summed E-state index contributed by atoms with van der Waals surface area (Å²) in [5, 5.41) is 12.6. The van der Waals surface area contributed by atoms with Crippen LogP contribution in [0.25, 0.3) is 0 Å². The van der Waals surface area contributed by atoms with Gasteiger partial charge in [0.2, 0.25) is 5.91 Å². The normalized spacial score (nSPS) is 24.7. The summed E-state index contributed by atoms with van der Waals surface area (Å²) in [6.45, 7) is 2.06. The van der Waals surface area contributed by atoms with Crippen molar-refractivity contribution in [1.82, 2.24) is 10.3 Å². The molecule has 1 amide bonds. The van der Waals surface area contributed by atoms with Gasteiger partial charge in [0.05, 0.1) is 5.92 Å². The molecule has 0 radical (unpaired) electrons. The average molecular weight is 276 g/mol. The van der Waals surface area contributed by atoms with Crippen LogP contribution in [0.4, 0.5) is 0 Å². The number of nitrogens with zero attached hydrogens (tertiary/aromatic N) is 1. The average Bonchev–Trinajstić information content (AvgIpc) is 2.72. The molecule has 1 saturated carbocycles. The van der Waals surface area contributed by atoms with E-state index in [2.05, 4.69) is 10.3 Å². The number of amides is 1. The lowest BCUT2D eigenvalue weighted by Gasteiger charge is -2.26. The number of hydrogen-bond acceptors (Lipinski definition) is 3. The minimum Gasteiger partial charge on any atom is -0.396 e. The number of aliphatic hydroxyl groups is 1. The van der Waals surface area contributed by atoms with Crippen molar-refractivity contribution in [2.45, 2.75) is 51.0 Å². The van der Waals surface area contributed by atoms with Crippen LogP contribution < -0.4 is 5.32 Å². The number of nitrogens with one attached hydrogen (secondary N) is 1. The largest absolute Gasteiger partial charge is 0.396 e. The number of pyridine rings is 1. The lowest BCUT2D eigenvalue weighted by atomic mass is 9.94. The van der Waals surface area contributed by atoms with Crippen molar-refractivity contribution in [2.75, 3.05) is 6.61 Å². The predicted octanol–water partition coefficient (Wildman–Crippen LogP) is 2.24. The Labute approximate surface area is 120 Å². The Morgan fingerprint density at radius 1 is 1.45 bits per heavy atom. The van der Waals surface area contributed by atoms with Crippen molar-refractivity contribution in [2.24, 2.45) is 5.92 Å². The summed E-state index contributed by atoms with van der Waals surface area (Å²) >= 11 is 0. The van der Waals surface area contributed by atoms with Crippen LogP contribution in [0, 0.1) is 5.92 Å². The molecule has 110 valence electrons. The summed E-state index contributed by atoms with van der Waals surface area (Å²) in [4.78, 5) is 16.4. The number of carbonyl (C=O) groups excluding carboxylic acids is 1. The molecule has 1 aromatic rings. The maximum atomic E-state index is 12.4. The maximum absolute atomic E-state index is 12.4. The van der Waals surface area contributed by atoms with Gasteiger partial charge in [0, 0.05) is 31.0 Å². The lowest BCUT2D eigenvalue weighted by molar-refractivity contribution is -0.123. The van der Waals surface area contributed by atoms with Crippen LogP contribution in [0.15, 0.2) is 24.5 Å². The summed E-state index contributed by atoms with van der Waals surface area (Å²) in [5.41, 5.74) is 0.930. The zero-order valence-corrected chi connectivity index (χ0v) is 12.1. The van der Waals surface area contributed by atoms with Gasteiger partial charge in [-0.05, 0) is 31.4 Å². The van der Waals surface area contributed by atoms with Gasteiger partial charge in [-0.15, -0.1) is 0 Å². The Morgan fingerprint density at radius 2 is 2.25 bits per heavy atom. The third kappa shape index (κ3) is 3.79. The van der Waals surface area contributed by atoms with Crippen molar-refractivity contribution in [3.05, 3.63) is 30.1 Å². The van der Waals surface area contributed by atoms with E-state index in [1.54, 1.807) is 12.4 Å². The van der Waals surface area contributed by atoms with E-state index in [4.69, 9.17) is 0 Å². The standard InChI is InChI=1S/C16H24N2O2/c1-12(13-7-5-9-17-10-13)16(20)18-15-8-4-2-3-6-14(15)11-19/h5,7,9-10,12,14-15,19H,2-4,6,8,11H2,1H3,(H,18,20). The minimum absolute atomic E-state index is 0.0309. The molecule has 1 fully saturated rings. The number of hydrogen-bond donors (Lipinski definition) is 2. The highest BCUT2D eigenvalue weighted by Gasteiger charge is 2.26. The minimum atomic E-state index is -0.203. The molecule has 1 aliphatic carbocycles. The zero-order valence-electron chi connectivity index (χ0n) is 12.1. The van der Waals surface area contributed by atoms with Crippen LogP contribution in [0.2, 0.25) is 0 Å². The highest BCUT2D eigenvalue weighted by Crippen LogP contribution is 2.24. The van der Waals surface area contributed by atoms with Crippen LogP contribution >= 0.6 is 0 Å². The second-order valence-corrected chi connectivity index (χ2v) is 5.70. The van der Waals surface area contributed by atoms with Crippen LogP contribution in [0.3, 0.4) is 0 Å². The van der Waals surface area contributed by atoms with E-state index >= 15 is 0 Å². The Bertz CT molecular complexity index is 422. The third-order valence-corrected chi connectivity index (χ3v) is 4.30. The summed E-state index contributed by atoms with van der Waals surface area (Å²) in [6, 6.07) is 3.88. The van der Waals surface area contributed by atoms with Gasteiger partial charge in [0.25, 0.3) is 0 Å². The van der Waals surface area contributed by atoms with Crippen LogP contribution in [-0.2, 0) is 4.79 Å². The first-order valence-electron chi connectivity index (χ1n) is 7.53. The van der Waals surface area contributed by atoms with Gasteiger partial charge in [0.1, 0.15) is 0 Å². The molecule has 0 spiro atoms. The van der Waals surface area contributed by atoms with E-state index in [1.807, 2.05) is 19.1 Å². The Balaban J connectivity index is 1.98. The molecule has 20 heavy (non-hydrogen) atoms. The molecule has 4 nitrogen and oxygen atoms in total. The topological polar surface area (TPSA) is 62.2 Å². The van der Waals surface area contributed by atoms with E-state index in [-0.39, 0.29) is 30.4 Å². The summed E-state index contributed by atoms with van der Waals surface area (Å²) < 4.78 is 0. The molecule has 3 atom stereocenters. The number of rotatable bonds is 4. The summed E-state index contributed by atoms with van der Waals surface area (Å²) in [5.74, 6) is 0.0252. The smallest absolute Gasteiger partial charge is 0.227 e. The molecule has 2 N–H and O–H groups in total. The van der Waals surface area contributed by atoms with Crippen molar-refractivity contribution in [1.29, 1.82) is 0 Å². The van der Waals surface area contributed by atoms with E-state index in [0.717, 1.165) is 31.2 Å². The van der Waals surface area contributed by atoms with Gasteiger partial charge in [-0.3, -0.25) is 9.78 Å². The van der Waals surface area contributed by atoms with Crippen LogP contribution in [0.5, 0.6) is 0 Å². The molecule has 3 unspecified atom stereocenters. The van der Waals surface area contributed by atoms with Crippen molar-refractivity contribution in [3.63, 3.8) is 0 Å². The van der Waals surface area contributed by atoms with Gasteiger partial charge in [-0.25, -0.2) is 0 Å². The Hall–Kier alpha value is -1.42. The summed E-state index contributed by atoms with van der Waals surface area (Å²) in [6.07, 6.45) is 8.89. The van der Waals surface area contributed by atoms with E-state index < -0.39 is 0 Å². The Kier molecular flexibility index (Phi) is 5.53. The number of aromatic nitrogens is 1. The first-order valence-corrected chi connectivity index (χ1v) is 7.53. The first kappa shape index (κ1) is 15.0. The molecule has 0 aliphatic heterocycles. The van der Waals surface area contributed by atoms with Gasteiger partial charge in [-0.2, -0.15) is 0 Å². The van der Waals surface area contributed by atoms with Gasteiger partial charge >= 0.3 is 0 Å². The lowest BCUT2D eigenvalue weighted by Crippen LogP contribution is -2.42. The molecule has 1 aromatic heterocycles. The van der Waals surface area contributed by atoms with Crippen molar-refractivity contribution >= 4 is 5.91 Å². The van der Waals surface area contributed by atoms with E-state index in [0.29, 0.717) is 0 Å². The second kappa shape index (κ2) is 7.39. The van der Waals surface area contributed by atoms with Gasteiger partial charge < -0.3 is 10.4 Å². The molecular weight excluding hydrogens is 252 g/mol. The fourth-order valence-corrected chi connectivity index (χ4v) is 2.88. The Morgan fingerprint density at radius 3 is 2.95 bits per heavy atom. The molecule has 0 bridgehead atoms. The SMILES string of the molecule is CC(C(=O)NC1CCCCCC1CO)c1cccnc1. The monoisotopic (exact) mass is 276 g/mol. The van der Waals surface area contributed by atoms with Gasteiger partial charge in [-0.1, -0.05) is 25.3 Å². The van der Waals surface area contributed by atoms with Crippen LogP contribution in [0.1, 0.15) is 50.5 Å². The summed E-state index contributed by atoms with van der Waals surface area (Å²) in [7, 11) is 0. The predicted molar refractivity (Wildman–Crippen MR) is 78.2 cm³/mol. The van der Waals surface area contributed by atoms with Crippen LogP contribution in [-0.4, -0.2) is 28.6 Å². The highest BCUT2D eigenvalue weighted by atomic mass is 16.3. The number of carbonyl (C=O) groups is 1. The first-order chi connectivity index (χ1) is 9.72. The third-order valence-electron chi connectivity index (χ3n) is 4.30. The molecule has 0 saturated heterocycles. The zero-order chi connectivity index (χ0) is 14.4. The molecule has 1 aliphatic rings. The van der Waals surface area contributed by atoms with E-state index in [9.17, 15) is 9.90 Å².